The van der Waals surface area contributed by atoms with E-state index in [0.717, 1.165) is 53.3 Å². The first-order valence-electron chi connectivity index (χ1n) is 11.8. The highest BCUT2D eigenvalue weighted by Crippen LogP contribution is 2.27. The van der Waals surface area contributed by atoms with Crippen molar-refractivity contribution < 1.29 is 13.9 Å². The van der Waals surface area contributed by atoms with Crippen molar-refractivity contribution in [3.05, 3.63) is 70.7 Å². The lowest BCUT2D eigenvalue weighted by Gasteiger charge is -2.24. The molecule has 0 radical (unpaired) electrons. The van der Waals surface area contributed by atoms with E-state index in [0.29, 0.717) is 30.8 Å². The molecule has 2 aromatic carbocycles. The summed E-state index contributed by atoms with van der Waals surface area (Å²) in [6.07, 6.45) is 7.49. The van der Waals surface area contributed by atoms with Crippen molar-refractivity contribution in [3.8, 4) is 0 Å². The second kappa shape index (κ2) is 10.3. The van der Waals surface area contributed by atoms with E-state index < -0.39 is 0 Å². The van der Waals surface area contributed by atoms with Gasteiger partial charge in [0.15, 0.2) is 0 Å². The fourth-order valence-corrected chi connectivity index (χ4v) is 4.60. The van der Waals surface area contributed by atoms with E-state index in [1.54, 1.807) is 0 Å². The number of fused-ring (bicyclic) bond motifs is 1. The summed E-state index contributed by atoms with van der Waals surface area (Å²) < 4.78 is 22.3. The first-order chi connectivity index (χ1) is 16.0. The number of nitrogens with one attached hydrogen (secondary N) is 1. The van der Waals surface area contributed by atoms with E-state index >= 15 is 4.39 Å². The van der Waals surface area contributed by atoms with Crippen molar-refractivity contribution in [2.75, 3.05) is 13.2 Å². The number of carbonyl (C=O) groups excluding carboxylic acids is 1. The predicted octanol–water partition coefficient (Wildman–Crippen LogP) is 4.89. The van der Waals surface area contributed by atoms with Crippen LogP contribution in [0.3, 0.4) is 0 Å². The Morgan fingerprint density at radius 1 is 1.27 bits per heavy atom. The van der Waals surface area contributed by atoms with Gasteiger partial charge in [0.05, 0.1) is 11.7 Å². The molecule has 2 heterocycles. The number of amides is 1. The van der Waals surface area contributed by atoms with Crippen LogP contribution in [-0.2, 0) is 29.4 Å². The number of allylic oxidation sites excluding steroid dienone is 1. The molecule has 1 saturated heterocycles. The predicted molar refractivity (Wildman–Crippen MR) is 130 cm³/mol. The summed E-state index contributed by atoms with van der Waals surface area (Å²) in [5, 5.41) is 8.51. The average molecular weight is 450 g/mol. The van der Waals surface area contributed by atoms with E-state index in [2.05, 4.69) is 28.6 Å². The van der Waals surface area contributed by atoms with Gasteiger partial charge in [-0.15, -0.1) is 0 Å². The summed E-state index contributed by atoms with van der Waals surface area (Å²) in [5.41, 5.74) is 4.98. The van der Waals surface area contributed by atoms with E-state index in [-0.39, 0.29) is 17.8 Å². The fraction of sp³-hybridized carbons (Fsp3) is 0.407. The molecule has 1 aliphatic rings. The number of nitrogens with zero attached hydrogens (tertiary/aromatic N) is 2. The van der Waals surface area contributed by atoms with Crippen molar-refractivity contribution in [3.63, 3.8) is 0 Å². The van der Waals surface area contributed by atoms with Crippen LogP contribution in [0, 0.1) is 12.7 Å². The van der Waals surface area contributed by atoms with Crippen LogP contribution in [0.4, 0.5) is 4.39 Å². The SMILES string of the molecule is CCc1ccc(F)c(/C(=C\CCc2ccc3c(cnn3C)c2)C(=O)NC2CCOCC2)c1C. The number of rotatable bonds is 7. The van der Waals surface area contributed by atoms with E-state index in [1.165, 1.54) is 6.07 Å². The third-order valence-corrected chi connectivity index (χ3v) is 6.57. The van der Waals surface area contributed by atoms with Gasteiger partial charge in [-0.1, -0.05) is 25.1 Å². The third kappa shape index (κ3) is 5.17. The standard InChI is InChI=1S/C27H32FN3O2/c1-4-20-9-10-24(28)26(18(20)2)23(27(32)30-22-12-14-33-15-13-22)7-5-6-19-8-11-25-21(16-19)17-29-31(25)3/h7-11,16-17,22H,4-6,12-15H2,1-3H3,(H,30,32)/b23-7+. The van der Waals surface area contributed by atoms with Crippen LogP contribution in [0.2, 0.25) is 0 Å². The molecule has 1 N–H and O–H groups in total. The molecule has 1 amide bonds. The van der Waals surface area contributed by atoms with E-state index in [9.17, 15) is 4.79 Å². The number of halogens is 1. The quantitative estimate of drug-likeness (QED) is 0.522. The molecule has 0 atom stereocenters. The van der Waals surface area contributed by atoms with Gasteiger partial charge in [0.1, 0.15) is 5.82 Å². The Balaban J connectivity index is 1.61. The zero-order chi connectivity index (χ0) is 23.4. The molecule has 1 aliphatic heterocycles. The van der Waals surface area contributed by atoms with Crippen molar-refractivity contribution >= 4 is 22.4 Å². The molecule has 174 valence electrons. The first-order valence-corrected chi connectivity index (χ1v) is 11.8. The number of hydrogen-bond acceptors (Lipinski definition) is 3. The zero-order valence-corrected chi connectivity index (χ0v) is 19.7. The molecule has 6 heteroatoms. The highest BCUT2D eigenvalue weighted by Gasteiger charge is 2.23. The van der Waals surface area contributed by atoms with Gasteiger partial charge < -0.3 is 10.1 Å². The highest BCUT2D eigenvalue weighted by atomic mass is 19.1. The molecule has 0 aliphatic carbocycles. The molecule has 0 spiro atoms. The summed E-state index contributed by atoms with van der Waals surface area (Å²) in [4.78, 5) is 13.3. The monoisotopic (exact) mass is 449 g/mol. The first kappa shape index (κ1) is 23.2. The summed E-state index contributed by atoms with van der Waals surface area (Å²) in [5.74, 6) is -0.560. The Bertz CT molecular complexity index is 1180. The van der Waals surface area contributed by atoms with Crippen LogP contribution in [0.25, 0.3) is 16.5 Å². The number of aromatic nitrogens is 2. The van der Waals surface area contributed by atoms with Gasteiger partial charge in [0.2, 0.25) is 0 Å². The maximum atomic E-state index is 15.0. The molecule has 5 nitrogen and oxygen atoms in total. The van der Waals surface area contributed by atoms with Gasteiger partial charge in [-0.05, 0) is 73.9 Å². The lowest BCUT2D eigenvalue weighted by molar-refractivity contribution is -0.116. The lowest BCUT2D eigenvalue weighted by atomic mass is 9.92. The van der Waals surface area contributed by atoms with Gasteiger partial charge in [-0.25, -0.2) is 4.39 Å². The van der Waals surface area contributed by atoms with Crippen LogP contribution in [0.15, 0.2) is 42.6 Å². The maximum Gasteiger partial charge on any atom is 0.251 e. The van der Waals surface area contributed by atoms with Crippen molar-refractivity contribution in [1.29, 1.82) is 0 Å². The van der Waals surface area contributed by atoms with Gasteiger partial charge in [0, 0.05) is 42.8 Å². The average Bonchev–Trinajstić information content (AvgIpc) is 3.18. The third-order valence-electron chi connectivity index (χ3n) is 6.57. The topological polar surface area (TPSA) is 56.2 Å². The van der Waals surface area contributed by atoms with Crippen molar-refractivity contribution in [2.45, 2.75) is 52.0 Å². The van der Waals surface area contributed by atoms with Gasteiger partial charge >= 0.3 is 0 Å². The van der Waals surface area contributed by atoms with E-state index in [1.807, 2.05) is 43.9 Å². The smallest absolute Gasteiger partial charge is 0.251 e. The molecule has 33 heavy (non-hydrogen) atoms. The van der Waals surface area contributed by atoms with Gasteiger partial charge in [0.25, 0.3) is 5.91 Å². The molecular weight excluding hydrogens is 417 g/mol. The Kier molecular flexibility index (Phi) is 7.23. The molecule has 1 aromatic heterocycles. The molecule has 0 bridgehead atoms. The number of benzene rings is 2. The Hall–Kier alpha value is -2.99. The largest absolute Gasteiger partial charge is 0.381 e. The Morgan fingerprint density at radius 2 is 2.06 bits per heavy atom. The minimum atomic E-state index is -0.352. The van der Waals surface area contributed by atoms with Crippen molar-refractivity contribution in [1.82, 2.24) is 15.1 Å². The normalized spacial score (nSPS) is 15.2. The van der Waals surface area contributed by atoms with Gasteiger partial charge in [-0.2, -0.15) is 5.10 Å². The second-order valence-electron chi connectivity index (χ2n) is 8.74. The fourth-order valence-electron chi connectivity index (χ4n) is 4.60. The molecular formula is C27H32FN3O2. The Morgan fingerprint density at radius 3 is 2.82 bits per heavy atom. The highest BCUT2D eigenvalue weighted by molar-refractivity contribution is 6.20. The minimum absolute atomic E-state index is 0.0559. The zero-order valence-electron chi connectivity index (χ0n) is 19.7. The summed E-state index contributed by atoms with van der Waals surface area (Å²) in [6.45, 7) is 5.23. The van der Waals surface area contributed by atoms with Crippen LogP contribution >= 0.6 is 0 Å². The van der Waals surface area contributed by atoms with Crippen LogP contribution in [0.5, 0.6) is 0 Å². The molecule has 0 unspecified atom stereocenters. The number of hydrogen-bond donors (Lipinski definition) is 1. The lowest BCUT2D eigenvalue weighted by Crippen LogP contribution is -2.39. The van der Waals surface area contributed by atoms with Crippen LogP contribution < -0.4 is 5.32 Å². The van der Waals surface area contributed by atoms with Crippen LogP contribution in [0.1, 0.15) is 48.4 Å². The number of carbonyl (C=O) groups is 1. The molecule has 3 aromatic rings. The van der Waals surface area contributed by atoms with E-state index in [4.69, 9.17) is 4.74 Å². The maximum absolute atomic E-state index is 15.0. The molecule has 4 rings (SSSR count). The summed E-state index contributed by atoms with van der Waals surface area (Å²) >= 11 is 0. The molecule has 1 fully saturated rings. The van der Waals surface area contributed by atoms with Crippen LogP contribution in [-0.4, -0.2) is 34.9 Å². The second-order valence-corrected chi connectivity index (χ2v) is 8.74. The Labute approximate surface area is 194 Å². The summed E-state index contributed by atoms with van der Waals surface area (Å²) in [6, 6.07) is 9.62. The minimum Gasteiger partial charge on any atom is -0.381 e. The molecule has 0 saturated carbocycles. The summed E-state index contributed by atoms with van der Waals surface area (Å²) in [7, 11) is 1.93. The number of ether oxygens (including phenoxy) is 1. The van der Waals surface area contributed by atoms with Crippen molar-refractivity contribution in [2.24, 2.45) is 7.05 Å². The van der Waals surface area contributed by atoms with Gasteiger partial charge in [-0.3, -0.25) is 9.48 Å². The number of aryl methyl sites for hydroxylation is 3.